The smallest absolute Gasteiger partial charge is 0.344 e. The number of phenols is 1. The topological polar surface area (TPSA) is 88.0 Å². The molecule has 0 aromatic heterocycles. The molecule has 1 aromatic carbocycles. The first-order chi connectivity index (χ1) is 9.49. The molecule has 6 heteroatoms. The van der Waals surface area contributed by atoms with Crippen LogP contribution in [0.15, 0.2) is 36.5 Å². The summed E-state index contributed by atoms with van der Waals surface area (Å²) >= 11 is 0. The van der Waals surface area contributed by atoms with E-state index in [0.29, 0.717) is 30.9 Å². The number of ether oxygens (including phenoxy) is 1. The molecule has 0 bridgehead atoms. The van der Waals surface area contributed by atoms with Crippen LogP contribution in [0.5, 0.6) is 11.5 Å². The summed E-state index contributed by atoms with van der Waals surface area (Å²) < 4.78 is 5.35. The molecule has 1 atom stereocenters. The lowest BCUT2D eigenvalue weighted by Gasteiger charge is -2.15. The van der Waals surface area contributed by atoms with E-state index in [1.807, 2.05) is 0 Å². The van der Waals surface area contributed by atoms with Gasteiger partial charge in [-0.25, -0.2) is 4.79 Å². The lowest BCUT2D eigenvalue weighted by Crippen LogP contribution is -2.27. The number of hydroxylamine groups is 1. The molecular formula is C14H19NO5. The Kier molecular flexibility index (Phi) is 6.39. The lowest BCUT2D eigenvalue weighted by molar-refractivity contribution is -0.145. The minimum absolute atomic E-state index is 0.100. The van der Waals surface area contributed by atoms with Crippen LogP contribution in [0.1, 0.15) is 19.8 Å². The number of nitrogens with one attached hydrogen (secondary N) is 1. The van der Waals surface area contributed by atoms with E-state index in [2.05, 4.69) is 12.1 Å². The van der Waals surface area contributed by atoms with Gasteiger partial charge in [-0.1, -0.05) is 6.58 Å². The Bertz CT molecular complexity index is 443. The van der Waals surface area contributed by atoms with Gasteiger partial charge in [-0.3, -0.25) is 10.3 Å². The number of allylic oxidation sites excluding steroid dienone is 1. The van der Waals surface area contributed by atoms with Crippen molar-refractivity contribution in [1.82, 2.24) is 5.48 Å². The molecular weight excluding hydrogens is 262 g/mol. The Morgan fingerprint density at radius 3 is 2.60 bits per heavy atom. The SMILES string of the molecule is C=C(C)NOCCCC(Oc1ccc(O)cc1)C(=O)O. The van der Waals surface area contributed by atoms with Crippen molar-refractivity contribution in [3.05, 3.63) is 36.5 Å². The molecule has 0 saturated carbocycles. The molecule has 3 N–H and O–H groups in total. The van der Waals surface area contributed by atoms with Crippen LogP contribution in [-0.2, 0) is 9.63 Å². The van der Waals surface area contributed by atoms with E-state index in [9.17, 15) is 4.79 Å². The normalized spacial score (nSPS) is 11.7. The molecule has 0 spiro atoms. The highest BCUT2D eigenvalue weighted by molar-refractivity contribution is 5.72. The lowest BCUT2D eigenvalue weighted by atomic mass is 10.2. The molecule has 0 aliphatic rings. The molecule has 0 radical (unpaired) electrons. The number of aromatic hydroxyl groups is 1. The fourth-order valence-corrected chi connectivity index (χ4v) is 1.44. The molecule has 6 nitrogen and oxygen atoms in total. The zero-order valence-corrected chi connectivity index (χ0v) is 11.3. The maximum absolute atomic E-state index is 11.1. The van der Waals surface area contributed by atoms with Gasteiger partial charge in [-0.15, -0.1) is 0 Å². The third-order valence-corrected chi connectivity index (χ3v) is 2.35. The van der Waals surface area contributed by atoms with E-state index in [4.69, 9.17) is 19.8 Å². The summed E-state index contributed by atoms with van der Waals surface area (Å²) in [6, 6.07) is 5.91. The second kappa shape index (κ2) is 8.06. The molecule has 0 saturated heterocycles. The Balaban J connectivity index is 2.39. The Labute approximate surface area is 117 Å². The average Bonchev–Trinajstić information content (AvgIpc) is 2.38. The van der Waals surface area contributed by atoms with Crippen LogP contribution in [-0.4, -0.2) is 28.9 Å². The van der Waals surface area contributed by atoms with Crippen molar-refractivity contribution in [2.24, 2.45) is 0 Å². The van der Waals surface area contributed by atoms with E-state index in [1.165, 1.54) is 24.3 Å². The van der Waals surface area contributed by atoms with E-state index < -0.39 is 12.1 Å². The summed E-state index contributed by atoms with van der Waals surface area (Å²) in [4.78, 5) is 16.2. The van der Waals surface area contributed by atoms with Crippen molar-refractivity contribution in [1.29, 1.82) is 0 Å². The Morgan fingerprint density at radius 1 is 1.40 bits per heavy atom. The van der Waals surface area contributed by atoms with Gasteiger partial charge in [0.1, 0.15) is 11.5 Å². The first kappa shape index (κ1) is 15.8. The van der Waals surface area contributed by atoms with Gasteiger partial charge >= 0.3 is 5.97 Å². The molecule has 0 aliphatic heterocycles. The average molecular weight is 281 g/mol. The maximum Gasteiger partial charge on any atom is 0.344 e. The number of aliphatic carboxylic acids is 1. The zero-order valence-electron chi connectivity index (χ0n) is 11.3. The van der Waals surface area contributed by atoms with Crippen LogP contribution in [0, 0.1) is 0 Å². The number of carboxylic acid groups (broad SMARTS) is 1. The van der Waals surface area contributed by atoms with Crippen LogP contribution in [0.25, 0.3) is 0 Å². The number of rotatable bonds is 9. The van der Waals surface area contributed by atoms with Gasteiger partial charge in [0.05, 0.1) is 6.61 Å². The van der Waals surface area contributed by atoms with Crippen molar-refractivity contribution in [3.63, 3.8) is 0 Å². The summed E-state index contributed by atoms with van der Waals surface area (Å²) in [5.74, 6) is -0.536. The number of carboxylic acids is 1. The number of hydrogen-bond donors (Lipinski definition) is 3. The minimum Gasteiger partial charge on any atom is -0.508 e. The van der Waals surface area contributed by atoms with Crippen LogP contribution in [0.4, 0.5) is 0 Å². The Morgan fingerprint density at radius 2 is 2.05 bits per heavy atom. The molecule has 0 fully saturated rings. The van der Waals surface area contributed by atoms with Crippen LogP contribution >= 0.6 is 0 Å². The first-order valence-electron chi connectivity index (χ1n) is 6.21. The van der Waals surface area contributed by atoms with E-state index in [-0.39, 0.29) is 5.75 Å². The standard InChI is InChI=1S/C14H19NO5/c1-10(2)15-19-9-3-4-13(14(17)18)20-12-7-5-11(16)6-8-12/h5-8,13,15-16H,1,3-4,9H2,2H3,(H,17,18). The molecule has 0 heterocycles. The second-order valence-corrected chi connectivity index (χ2v) is 4.31. The molecule has 110 valence electrons. The summed E-state index contributed by atoms with van der Waals surface area (Å²) in [7, 11) is 0. The van der Waals surface area contributed by atoms with Gasteiger partial charge in [0.25, 0.3) is 0 Å². The number of hydrogen-bond acceptors (Lipinski definition) is 5. The molecule has 0 aliphatic carbocycles. The van der Waals surface area contributed by atoms with Gasteiger partial charge in [0.2, 0.25) is 0 Å². The highest BCUT2D eigenvalue weighted by Gasteiger charge is 2.18. The van der Waals surface area contributed by atoms with Crippen molar-refractivity contribution in [2.45, 2.75) is 25.9 Å². The third kappa shape index (κ3) is 6.10. The predicted molar refractivity (Wildman–Crippen MR) is 73.3 cm³/mol. The summed E-state index contributed by atoms with van der Waals surface area (Å²) in [6.07, 6.45) is -0.114. The maximum atomic E-state index is 11.1. The van der Waals surface area contributed by atoms with Gasteiger partial charge in [0, 0.05) is 5.70 Å². The zero-order chi connectivity index (χ0) is 15.0. The fourth-order valence-electron chi connectivity index (χ4n) is 1.44. The van der Waals surface area contributed by atoms with Gasteiger partial charge in [-0.2, -0.15) is 0 Å². The predicted octanol–water partition coefficient (Wildman–Crippen LogP) is 2.06. The van der Waals surface area contributed by atoms with Gasteiger partial charge < -0.3 is 14.9 Å². The van der Waals surface area contributed by atoms with Gasteiger partial charge in [-0.05, 0) is 44.0 Å². The largest absolute Gasteiger partial charge is 0.508 e. The van der Waals surface area contributed by atoms with E-state index >= 15 is 0 Å². The van der Waals surface area contributed by atoms with Crippen molar-refractivity contribution < 1.29 is 24.6 Å². The Hall–Kier alpha value is -2.21. The molecule has 0 amide bonds. The molecule has 1 aromatic rings. The van der Waals surface area contributed by atoms with Crippen molar-refractivity contribution in [3.8, 4) is 11.5 Å². The second-order valence-electron chi connectivity index (χ2n) is 4.31. The van der Waals surface area contributed by atoms with E-state index in [1.54, 1.807) is 6.92 Å². The minimum atomic E-state index is -1.04. The van der Waals surface area contributed by atoms with E-state index in [0.717, 1.165) is 0 Å². The quantitative estimate of drug-likeness (QED) is 0.474. The highest BCUT2D eigenvalue weighted by atomic mass is 16.6. The van der Waals surface area contributed by atoms with Crippen molar-refractivity contribution in [2.75, 3.05) is 6.61 Å². The van der Waals surface area contributed by atoms with Gasteiger partial charge in [0.15, 0.2) is 6.10 Å². The molecule has 1 unspecified atom stereocenters. The fraction of sp³-hybridized carbons (Fsp3) is 0.357. The number of benzene rings is 1. The molecule has 1 rings (SSSR count). The first-order valence-corrected chi connectivity index (χ1v) is 6.21. The summed E-state index contributed by atoms with van der Waals surface area (Å²) in [6.45, 7) is 5.72. The van der Waals surface area contributed by atoms with Crippen molar-refractivity contribution >= 4 is 5.97 Å². The highest BCUT2D eigenvalue weighted by Crippen LogP contribution is 2.18. The monoisotopic (exact) mass is 281 g/mol. The summed E-state index contributed by atoms with van der Waals surface area (Å²) in [5, 5.41) is 18.2. The number of phenolic OH excluding ortho intramolecular Hbond substituents is 1. The number of carbonyl (C=O) groups is 1. The van der Waals surface area contributed by atoms with Crippen LogP contribution < -0.4 is 10.2 Å². The van der Waals surface area contributed by atoms with Crippen LogP contribution in [0.2, 0.25) is 0 Å². The van der Waals surface area contributed by atoms with Crippen LogP contribution in [0.3, 0.4) is 0 Å². The third-order valence-electron chi connectivity index (χ3n) is 2.35. The molecule has 20 heavy (non-hydrogen) atoms. The summed E-state index contributed by atoms with van der Waals surface area (Å²) in [5.41, 5.74) is 3.27.